The number of rotatable bonds is 7. The first-order chi connectivity index (χ1) is 11.2. The SMILES string of the molecule is Cc1cnccc1CCNC(=O)NCC1(CCO)CCCCC1. The molecule has 0 saturated heterocycles. The van der Waals surface area contributed by atoms with E-state index in [0.29, 0.717) is 13.1 Å². The Morgan fingerprint density at radius 3 is 2.78 bits per heavy atom. The summed E-state index contributed by atoms with van der Waals surface area (Å²) >= 11 is 0. The van der Waals surface area contributed by atoms with Crippen molar-refractivity contribution in [2.45, 2.75) is 51.9 Å². The molecule has 23 heavy (non-hydrogen) atoms. The minimum atomic E-state index is -0.111. The van der Waals surface area contributed by atoms with Crippen LogP contribution in [0.1, 0.15) is 49.7 Å². The van der Waals surface area contributed by atoms with Gasteiger partial charge in [0.15, 0.2) is 0 Å². The predicted octanol–water partition coefficient (Wildman–Crippen LogP) is 2.56. The van der Waals surface area contributed by atoms with Crippen molar-refractivity contribution in [1.29, 1.82) is 0 Å². The molecule has 1 aromatic heterocycles. The molecule has 0 spiro atoms. The molecule has 2 amide bonds. The van der Waals surface area contributed by atoms with Crippen molar-refractivity contribution in [3.63, 3.8) is 0 Å². The van der Waals surface area contributed by atoms with Gasteiger partial charge in [0.1, 0.15) is 0 Å². The number of carbonyl (C=O) groups excluding carboxylic acids is 1. The topological polar surface area (TPSA) is 74.2 Å². The molecule has 2 rings (SSSR count). The third-order valence-electron chi connectivity index (χ3n) is 5.00. The maximum Gasteiger partial charge on any atom is 0.314 e. The number of aliphatic hydroxyl groups is 1. The second kappa shape index (κ2) is 8.87. The number of pyridine rings is 1. The Bertz CT molecular complexity index is 493. The van der Waals surface area contributed by atoms with E-state index < -0.39 is 0 Å². The summed E-state index contributed by atoms with van der Waals surface area (Å²) in [5.41, 5.74) is 2.45. The van der Waals surface area contributed by atoms with Crippen LogP contribution in [0.25, 0.3) is 0 Å². The van der Waals surface area contributed by atoms with Crippen LogP contribution in [0.2, 0.25) is 0 Å². The Morgan fingerprint density at radius 1 is 1.30 bits per heavy atom. The molecule has 0 aromatic carbocycles. The fraction of sp³-hybridized carbons (Fsp3) is 0.667. The number of amides is 2. The Balaban J connectivity index is 1.72. The van der Waals surface area contributed by atoms with Crippen molar-refractivity contribution in [2.75, 3.05) is 19.7 Å². The Kier molecular flexibility index (Phi) is 6.84. The summed E-state index contributed by atoms with van der Waals surface area (Å²) in [6.07, 6.45) is 11.1. The molecule has 1 fully saturated rings. The molecule has 5 heteroatoms. The van der Waals surface area contributed by atoms with E-state index in [4.69, 9.17) is 0 Å². The van der Waals surface area contributed by atoms with Gasteiger partial charge in [-0.3, -0.25) is 4.98 Å². The van der Waals surface area contributed by atoms with Crippen molar-refractivity contribution in [2.24, 2.45) is 5.41 Å². The van der Waals surface area contributed by atoms with Crippen LogP contribution in [-0.4, -0.2) is 35.8 Å². The van der Waals surface area contributed by atoms with E-state index in [0.717, 1.165) is 31.2 Å². The second-order valence-electron chi connectivity index (χ2n) is 6.70. The van der Waals surface area contributed by atoms with Crippen molar-refractivity contribution < 1.29 is 9.90 Å². The molecule has 1 heterocycles. The second-order valence-corrected chi connectivity index (χ2v) is 6.70. The zero-order valence-corrected chi connectivity index (χ0v) is 14.1. The number of carbonyl (C=O) groups is 1. The van der Waals surface area contributed by atoms with Crippen molar-refractivity contribution >= 4 is 6.03 Å². The fourth-order valence-corrected chi connectivity index (χ4v) is 3.48. The number of hydrogen-bond acceptors (Lipinski definition) is 3. The highest BCUT2D eigenvalue weighted by atomic mass is 16.3. The van der Waals surface area contributed by atoms with Crippen molar-refractivity contribution in [3.8, 4) is 0 Å². The number of aromatic nitrogens is 1. The van der Waals surface area contributed by atoms with E-state index in [1.807, 2.05) is 19.2 Å². The molecule has 5 nitrogen and oxygen atoms in total. The van der Waals surface area contributed by atoms with E-state index in [1.165, 1.54) is 24.8 Å². The van der Waals surface area contributed by atoms with Crippen LogP contribution >= 0.6 is 0 Å². The van der Waals surface area contributed by atoms with E-state index in [9.17, 15) is 9.90 Å². The lowest BCUT2D eigenvalue weighted by Gasteiger charge is -2.37. The van der Waals surface area contributed by atoms with Crippen LogP contribution in [-0.2, 0) is 6.42 Å². The van der Waals surface area contributed by atoms with Gasteiger partial charge >= 0.3 is 6.03 Å². The van der Waals surface area contributed by atoms with Crippen LogP contribution < -0.4 is 10.6 Å². The zero-order chi connectivity index (χ0) is 16.5. The maximum atomic E-state index is 12.0. The highest BCUT2D eigenvalue weighted by Crippen LogP contribution is 2.38. The predicted molar refractivity (Wildman–Crippen MR) is 91.3 cm³/mol. The van der Waals surface area contributed by atoms with Crippen LogP contribution in [0, 0.1) is 12.3 Å². The van der Waals surface area contributed by atoms with E-state index >= 15 is 0 Å². The van der Waals surface area contributed by atoms with Gasteiger partial charge in [-0.15, -0.1) is 0 Å². The molecular weight excluding hydrogens is 290 g/mol. The van der Waals surface area contributed by atoms with Gasteiger partial charge in [-0.1, -0.05) is 19.3 Å². The molecule has 1 saturated carbocycles. The summed E-state index contributed by atoms with van der Waals surface area (Å²) in [5.74, 6) is 0. The Morgan fingerprint density at radius 2 is 2.09 bits per heavy atom. The number of nitrogens with zero attached hydrogens (tertiary/aromatic N) is 1. The van der Waals surface area contributed by atoms with E-state index in [-0.39, 0.29) is 18.1 Å². The number of aliphatic hydroxyl groups excluding tert-OH is 1. The van der Waals surface area contributed by atoms with Gasteiger partial charge in [0.25, 0.3) is 0 Å². The fourth-order valence-electron chi connectivity index (χ4n) is 3.48. The summed E-state index contributed by atoms with van der Waals surface area (Å²) in [4.78, 5) is 16.1. The molecular formula is C18H29N3O2. The van der Waals surface area contributed by atoms with Gasteiger partial charge in [-0.2, -0.15) is 0 Å². The number of urea groups is 1. The van der Waals surface area contributed by atoms with Crippen LogP contribution in [0.5, 0.6) is 0 Å². The summed E-state index contributed by atoms with van der Waals surface area (Å²) in [6.45, 7) is 3.51. The summed E-state index contributed by atoms with van der Waals surface area (Å²) in [7, 11) is 0. The molecule has 1 aromatic rings. The normalized spacial score (nSPS) is 16.8. The first-order valence-corrected chi connectivity index (χ1v) is 8.67. The summed E-state index contributed by atoms with van der Waals surface area (Å²) in [6, 6.07) is 1.88. The van der Waals surface area contributed by atoms with Crippen molar-refractivity contribution in [1.82, 2.24) is 15.6 Å². The molecule has 1 aliphatic rings. The van der Waals surface area contributed by atoms with Crippen LogP contribution in [0.3, 0.4) is 0 Å². The molecule has 0 unspecified atom stereocenters. The minimum Gasteiger partial charge on any atom is -0.396 e. The average molecular weight is 319 g/mol. The molecule has 1 aliphatic carbocycles. The molecule has 0 bridgehead atoms. The summed E-state index contributed by atoms with van der Waals surface area (Å²) < 4.78 is 0. The van der Waals surface area contributed by atoms with E-state index in [2.05, 4.69) is 15.6 Å². The maximum absolute atomic E-state index is 12.0. The third-order valence-corrected chi connectivity index (χ3v) is 5.00. The van der Waals surface area contributed by atoms with Gasteiger partial charge < -0.3 is 15.7 Å². The molecule has 0 atom stereocenters. The smallest absolute Gasteiger partial charge is 0.314 e. The third kappa shape index (κ3) is 5.50. The highest BCUT2D eigenvalue weighted by Gasteiger charge is 2.31. The van der Waals surface area contributed by atoms with Gasteiger partial charge in [0.2, 0.25) is 0 Å². The van der Waals surface area contributed by atoms with Crippen LogP contribution in [0.15, 0.2) is 18.5 Å². The zero-order valence-electron chi connectivity index (χ0n) is 14.1. The lowest BCUT2D eigenvalue weighted by molar-refractivity contribution is 0.127. The first kappa shape index (κ1) is 17.7. The lowest BCUT2D eigenvalue weighted by atomic mass is 9.72. The largest absolute Gasteiger partial charge is 0.396 e. The monoisotopic (exact) mass is 319 g/mol. The standard InChI is InChI=1S/C18H29N3O2/c1-15-13-19-10-5-16(15)6-11-20-17(23)21-14-18(9-12-22)7-3-2-4-8-18/h5,10,13,22H,2-4,6-9,11-12,14H2,1H3,(H2,20,21,23). The molecule has 0 aliphatic heterocycles. The quantitative estimate of drug-likeness (QED) is 0.723. The Labute approximate surface area is 138 Å². The first-order valence-electron chi connectivity index (χ1n) is 8.67. The van der Waals surface area contributed by atoms with Gasteiger partial charge in [0, 0.05) is 32.1 Å². The highest BCUT2D eigenvalue weighted by molar-refractivity contribution is 5.73. The average Bonchev–Trinajstić information content (AvgIpc) is 2.56. The number of aryl methyl sites for hydroxylation is 1. The molecule has 3 N–H and O–H groups in total. The summed E-state index contributed by atoms with van der Waals surface area (Å²) in [5, 5.41) is 15.2. The van der Waals surface area contributed by atoms with E-state index in [1.54, 1.807) is 6.20 Å². The van der Waals surface area contributed by atoms with Gasteiger partial charge in [-0.25, -0.2) is 4.79 Å². The Hall–Kier alpha value is -1.62. The van der Waals surface area contributed by atoms with Gasteiger partial charge in [0.05, 0.1) is 0 Å². The lowest BCUT2D eigenvalue weighted by Crippen LogP contribution is -2.44. The van der Waals surface area contributed by atoms with Crippen LogP contribution in [0.4, 0.5) is 4.79 Å². The number of nitrogens with one attached hydrogen (secondary N) is 2. The molecule has 0 radical (unpaired) electrons. The number of hydrogen-bond donors (Lipinski definition) is 3. The molecule has 128 valence electrons. The van der Waals surface area contributed by atoms with Crippen molar-refractivity contribution in [3.05, 3.63) is 29.6 Å². The minimum absolute atomic E-state index is 0.0893. The van der Waals surface area contributed by atoms with Gasteiger partial charge in [-0.05, 0) is 55.2 Å².